The molecule has 3 nitrogen and oxygen atoms in total. The average molecular weight is 274 g/mol. The van der Waals surface area contributed by atoms with Crippen molar-refractivity contribution < 1.29 is 4.79 Å². The smallest absolute Gasteiger partial charge is 0.266 e. The molecule has 100 valence electrons. The van der Waals surface area contributed by atoms with Crippen molar-refractivity contribution in [3.63, 3.8) is 0 Å². The van der Waals surface area contributed by atoms with Crippen LogP contribution in [0.15, 0.2) is 18.2 Å². The number of amides is 1. The summed E-state index contributed by atoms with van der Waals surface area (Å²) in [6.45, 7) is 3.79. The van der Waals surface area contributed by atoms with Gasteiger partial charge in [0.15, 0.2) is 0 Å². The summed E-state index contributed by atoms with van der Waals surface area (Å²) in [6.07, 6.45) is 3.44. The second-order valence-corrected chi connectivity index (χ2v) is 6.25. The van der Waals surface area contributed by atoms with E-state index >= 15 is 0 Å². The Morgan fingerprint density at radius 1 is 1.26 bits per heavy atom. The van der Waals surface area contributed by atoms with E-state index in [-0.39, 0.29) is 5.91 Å². The largest absolute Gasteiger partial charge is 0.397 e. The van der Waals surface area contributed by atoms with Crippen molar-refractivity contribution in [1.29, 1.82) is 0 Å². The van der Waals surface area contributed by atoms with E-state index in [9.17, 15) is 4.79 Å². The molecule has 3 rings (SSSR count). The Morgan fingerprint density at radius 3 is 2.74 bits per heavy atom. The Hall–Kier alpha value is -1.55. The van der Waals surface area contributed by atoms with E-state index in [4.69, 9.17) is 5.73 Å². The molecule has 1 fully saturated rings. The first kappa shape index (κ1) is 12.5. The minimum Gasteiger partial charge on any atom is -0.397 e. The molecule has 2 N–H and O–H groups in total. The van der Waals surface area contributed by atoms with E-state index < -0.39 is 0 Å². The van der Waals surface area contributed by atoms with Gasteiger partial charge in [-0.15, -0.1) is 11.3 Å². The van der Waals surface area contributed by atoms with E-state index in [0.29, 0.717) is 10.6 Å². The van der Waals surface area contributed by atoms with Gasteiger partial charge in [0.1, 0.15) is 4.88 Å². The number of likely N-dealkylation sites (tertiary alicyclic amines) is 1. The van der Waals surface area contributed by atoms with Crippen molar-refractivity contribution in [3.8, 4) is 0 Å². The number of hydrogen-bond donors (Lipinski definition) is 1. The number of rotatable bonds is 1. The number of nitrogen functional groups attached to an aromatic ring is 1. The highest BCUT2D eigenvalue weighted by Gasteiger charge is 2.23. The number of thiophene rings is 1. The molecular weight excluding hydrogens is 256 g/mol. The van der Waals surface area contributed by atoms with E-state index in [1.165, 1.54) is 23.3 Å². The van der Waals surface area contributed by atoms with Gasteiger partial charge in [-0.3, -0.25) is 4.79 Å². The lowest BCUT2D eigenvalue weighted by Crippen LogP contribution is -2.35. The van der Waals surface area contributed by atoms with Crippen molar-refractivity contribution in [2.75, 3.05) is 18.8 Å². The number of aryl methyl sites for hydroxylation is 1. The summed E-state index contributed by atoms with van der Waals surface area (Å²) in [4.78, 5) is 15.2. The van der Waals surface area contributed by atoms with E-state index in [2.05, 4.69) is 13.0 Å². The zero-order valence-corrected chi connectivity index (χ0v) is 11.9. The number of anilines is 1. The number of piperidine rings is 1. The SMILES string of the molecule is Cc1ccc2c(N)c(C(=O)N3CCCCC3)sc2c1. The zero-order valence-electron chi connectivity index (χ0n) is 11.1. The Kier molecular flexibility index (Phi) is 3.19. The highest BCUT2D eigenvalue weighted by molar-refractivity contribution is 7.21. The number of nitrogens with two attached hydrogens (primary N) is 1. The normalized spacial score (nSPS) is 15.9. The van der Waals surface area contributed by atoms with Gasteiger partial charge in [-0.2, -0.15) is 0 Å². The van der Waals surface area contributed by atoms with Crippen LogP contribution in [0.1, 0.15) is 34.5 Å². The molecular formula is C15H18N2OS. The number of carbonyl (C=O) groups excluding carboxylic acids is 1. The molecule has 1 aliphatic rings. The number of benzene rings is 1. The summed E-state index contributed by atoms with van der Waals surface area (Å²) in [7, 11) is 0. The molecule has 1 aromatic carbocycles. The maximum atomic E-state index is 12.5. The molecule has 0 spiro atoms. The quantitative estimate of drug-likeness (QED) is 0.866. The zero-order chi connectivity index (χ0) is 13.4. The molecule has 1 aliphatic heterocycles. The molecule has 1 saturated heterocycles. The van der Waals surface area contributed by atoms with Crippen molar-refractivity contribution in [2.45, 2.75) is 26.2 Å². The summed E-state index contributed by atoms with van der Waals surface area (Å²) in [5.74, 6) is 0.107. The number of nitrogens with zero attached hydrogens (tertiary/aromatic N) is 1. The van der Waals surface area contributed by atoms with Gasteiger partial charge in [-0.25, -0.2) is 0 Å². The van der Waals surface area contributed by atoms with Crippen LogP contribution in [0.4, 0.5) is 5.69 Å². The third kappa shape index (κ3) is 2.21. The molecule has 0 atom stereocenters. The second kappa shape index (κ2) is 4.85. The lowest BCUT2D eigenvalue weighted by molar-refractivity contribution is 0.0730. The molecule has 1 aromatic heterocycles. The molecule has 4 heteroatoms. The van der Waals surface area contributed by atoms with Crippen molar-refractivity contribution in [1.82, 2.24) is 4.90 Å². The molecule has 0 radical (unpaired) electrons. The van der Waals surface area contributed by atoms with Crippen LogP contribution in [0.3, 0.4) is 0 Å². The highest BCUT2D eigenvalue weighted by atomic mass is 32.1. The maximum Gasteiger partial charge on any atom is 0.266 e. The Labute approximate surface area is 117 Å². The van der Waals surface area contributed by atoms with Crippen LogP contribution in [0.2, 0.25) is 0 Å². The predicted molar refractivity (Wildman–Crippen MR) is 80.7 cm³/mol. The van der Waals surface area contributed by atoms with E-state index in [1.54, 1.807) is 0 Å². The van der Waals surface area contributed by atoms with Gasteiger partial charge in [0, 0.05) is 23.2 Å². The van der Waals surface area contributed by atoms with E-state index in [0.717, 1.165) is 36.0 Å². The van der Waals surface area contributed by atoms with Crippen LogP contribution in [0, 0.1) is 6.92 Å². The van der Waals surface area contributed by atoms with Gasteiger partial charge in [-0.05, 0) is 37.8 Å². The van der Waals surface area contributed by atoms with Crippen LogP contribution in [-0.4, -0.2) is 23.9 Å². The van der Waals surface area contributed by atoms with Crippen LogP contribution in [-0.2, 0) is 0 Å². The first-order chi connectivity index (χ1) is 9.16. The fourth-order valence-corrected chi connectivity index (χ4v) is 3.81. The Balaban J connectivity index is 2.00. The summed E-state index contributed by atoms with van der Waals surface area (Å²) in [6, 6.07) is 6.16. The first-order valence-corrected chi connectivity index (χ1v) is 7.56. The van der Waals surface area contributed by atoms with Crippen LogP contribution in [0.25, 0.3) is 10.1 Å². The first-order valence-electron chi connectivity index (χ1n) is 6.75. The highest BCUT2D eigenvalue weighted by Crippen LogP contribution is 2.35. The monoisotopic (exact) mass is 274 g/mol. The Bertz CT molecular complexity index is 626. The predicted octanol–water partition coefficient (Wildman–Crippen LogP) is 3.42. The van der Waals surface area contributed by atoms with Crippen LogP contribution in [0.5, 0.6) is 0 Å². The number of fused-ring (bicyclic) bond motifs is 1. The summed E-state index contributed by atoms with van der Waals surface area (Å²) in [5, 5.41) is 1.01. The standard InChI is InChI=1S/C15H18N2OS/c1-10-5-6-11-12(9-10)19-14(13(11)16)15(18)17-7-3-2-4-8-17/h5-6,9H,2-4,7-8,16H2,1H3. The lowest BCUT2D eigenvalue weighted by atomic mass is 10.1. The maximum absolute atomic E-state index is 12.5. The average Bonchev–Trinajstić information content (AvgIpc) is 2.75. The summed E-state index contributed by atoms with van der Waals surface area (Å²) in [5.41, 5.74) is 8.01. The third-order valence-corrected chi connectivity index (χ3v) is 4.88. The molecule has 1 amide bonds. The molecule has 2 heterocycles. The minimum atomic E-state index is 0.107. The summed E-state index contributed by atoms with van der Waals surface area (Å²) >= 11 is 1.52. The molecule has 19 heavy (non-hydrogen) atoms. The minimum absolute atomic E-state index is 0.107. The number of hydrogen-bond acceptors (Lipinski definition) is 3. The van der Waals surface area contributed by atoms with Gasteiger partial charge in [0.2, 0.25) is 0 Å². The van der Waals surface area contributed by atoms with Gasteiger partial charge >= 0.3 is 0 Å². The fraction of sp³-hybridized carbons (Fsp3) is 0.400. The van der Waals surface area contributed by atoms with Gasteiger partial charge in [-0.1, -0.05) is 12.1 Å². The topological polar surface area (TPSA) is 46.3 Å². The summed E-state index contributed by atoms with van der Waals surface area (Å²) < 4.78 is 1.11. The molecule has 0 unspecified atom stereocenters. The fourth-order valence-electron chi connectivity index (χ4n) is 2.62. The van der Waals surface area contributed by atoms with Gasteiger partial charge in [0.25, 0.3) is 5.91 Å². The second-order valence-electron chi connectivity index (χ2n) is 5.20. The molecule has 0 saturated carbocycles. The van der Waals surface area contributed by atoms with E-state index in [1.807, 2.05) is 17.0 Å². The van der Waals surface area contributed by atoms with Crippen molar-refractivity contribution in [3.05, 3.63) is 28.6 Å². The van der Waals surface area contributed by atoms with Crippen LogP contribution < -0.4 is 5.73 Å². The van der Waals surface area contributed by atoms with Gasteiger partial charge in [0.05, 0.1) is 5.69 Å². The van der Waals surface area contributed by atoms with Crippen LogP contribution >= 0.6 is 11.3 Å². The number of carbonyl (C=O) groups is 1. The molecule has 2 aromatic rings. The molecule has 0 bridgehead atoms. The van der Waals surface area contributed by atoms with Crippen molar-refractivity contribution in [2.24, 2.45) is 0 Å². The van der Waals surface area contributed by atoms with Crippen molar-refractivity contribution >= 4 is 33.0 Å². The lowest BCUT2D eigenvalue weighted by Gasteiger charge is -2.26. The molecule has 0 aliphatic carbocycles. The Morgan fingerprint density at radius 2 is 2.00 bits per heavy atom. The third-order valence-electron chi connectivity index (χ3n) is 3.72. The van der Waals surface area contributed by atoms with Gasteiger partial charge < -0.3 is 10.6 Å².